The molecule has 1 N–H and O–H groups in total. The van der Waals surface area contributed by atoms with E-state index in [0.29, 0.717) is 38.1 Å². The van der Waals surface area contributed by atoms with Crippen molar-refractivity contribution in [3.63, 3.8) is 0 Å². The number of hydrogen-bond donors (Lipinski definition) is 1. The lowest BCUT2D eigenvalue weighted by atomic mass is 10.1. The zero-order chi connectivity index (χ0) is 18.8. The second kappa shape index (κ2) is 7.76. The Balaban J connectivity index is 1.24. The molecule has 0 bridgehead atoms. The lowest BCUT2D eigenvalue weighted by Gasteiger charge is -2.15. The summed E-state index contributed by atoms with van der Waals surface area (Å²) in [5, 5.41) is 4.28. The molecule has 27 heavy (non-hydrogen) atoms. The Morgan fingerprint density at radius 3 is 2.74 bits per heavy atom. The number of amides is 3. The molecule has 0 unspecified atom stereocenters. The lowest BCUT2D eigenvalue weighted by Crippen LogP contribution is -2.34. The molecule has 142 valence electrons. The van der Waals surface area contributed by atoms with E-state index in [1.807, 2.05) is 18.2 Å². The fourth-order valence-electron chi connectivity index (χ4n) is 3.97. The van der Waals surface area contributed by atoms with Crippen molar-refractivity contribution < 1.29 is 14.4 Å². The molecule has 1 aliphatic heterocycles. The number of carbonyl (C=O) groups excluding carboxylic acids is 3. The normalized spacial score (nSPS) is 22.7. The number of hydrogen-bond acceptors (Lipinski definition) is 5. The maximum absolute atomic E-state index is 12.2. The van der Waals surface area contributed by atoms with Crippen LogP contribution in [-0.4, -0.2) is 40.2 Å². The summed E-state index contributed by atoms with van der Waals surface area (Å²) in [5.41, 5.74) is 1.05. The van der Waals surface area contributed by atoms with Crippen LogP contribution in [0, 0.1) is 0 Å². The summed E-state index contributed by atoms with van der Waals surface area (Å²) in [7, 11) is 0. The van der Waals surface area contributed by atoms with E-state index >= 15 is 0 Å². The number of nitrogens with one attached hydrogen (secondary N) is 1. The van der Waals surface area contributed by atoms with Gasteiger partial charge in [0.05, 0.1) is 15.2 Å². The monoisotopic (exact) mass is 385 g/mol. The van der Waals surface area contributed by atoms with Gasteiger partial charge < -0.3 is 5.32 Å². The highest BCUT2D eigenvalue weighted by Gasteiger charge is 2.30. The molecule has 1 saturated carbocycles. The van der Waals surface area contributed by atoms with Crippen molar-refractivity contribution in [2.45, 2.75) is 56.9 Å². The molecule has 1 saturated heterocycles. The summed E-state index contributed by atoms with van der Waals surface area (Å²) in [5.74, 6) is 0.182. The molecule has 3 amide bonds. The van der Waals surface area contributed by atoms with Crippen LogP contribution < -0.4 is 5.32 Å². The van der Waals surface area contributed by atoms with Crippen LogP contribution in [0.3, 0.4) is 0 Å². The molecular formula is C20H23N3O3S. The number of para-hydroxylation sites is 1. The Morgan fingerprint density at radius 2 is 1.96 bits per heavy atom. The zero-order valence-corrected chi connectivity index (χ0v) is 16.0. The molecule has 1 aliphatic carbocycles. The molecule has 6 nitrogen and oxygen atoms in total. The van der Waals surface area contributed by atoms with E-state index in [-0.39, 0.29) is 23.8 Å². The van der Waals surface area contributed by atoms with Gasteiger partial charge in [-0.25, -0.2) is 4.98 Å². The van der Waals surface area contributed by atoms with E-state index in [0.717, 1.165) is 24.8 Å². The van der Waals surface area contributed by atoms with E-state index in [1.165, 1.54) is 14.6 Å². The number of benzene rings is 1. The van der Waals surface area contributed by atoms with Crippen molar-refractivity contribution in [1.82, 2.24) is 15.2 Å². The number of thiazole rings is 1. The molecule has 4 rings (SSSR count). The maximum atomic E-state index is 12.2. The van der Waals surface area contributed by atoms with Crippen LogP contribution >= 0.6 is 11.3 Å². The average molecular weight is 385 g/mol. The highest BCUT2D eigenvalue weighted by atomic mass is 32.1. The number of likely N-dealkylation sites (tertiary alicyclic amines) is 1. The number of carbonyl (C=O) groups is 3. The van der Waals surface area contributed by atoms with Crippen molar-refractivity contribution >= 4 is 39.3 Å². The van der Waals surface area contributed by atoms with Gasteiger partial charge in [-0.3, -0.25) is 19.3 Å². The number of fused-ring (bicyclic) bond motifs is 1. The fraction of sp³-hybridized carbons (Fsp3) is 0.500. The first kappa shape index (κ1) is 18.1. The molecule has 7 heteroatoms. The van der Waals surface area contributed by atoms with Gasteiger partial charge in [-0.2, -0.15) is 0 Å². The predicted octanol–water partition coefficient (Wildman–Crippen LogP) is 2.98. The van der Waals surface area contributed by atoms with Gasteiger partial charge in [0.2, 0.25) is 17.7 Å². The quantitative estimate of drug-likeness (QED) is 0.776. The van der Waals surface area contributed by atoms with Gasteiger partial charge in [-0.05, 0) is 37.8 Å². The Bertz CT molecular complexity index is 829. The van der Waals surface area contributed by atoms with Crippen molar-refractivity contribution in [3.8, 4) is 0 Å². The Kier molecular flexibility index (Phi) is 5.20. The third-order valence-corrected chi connectivity index (χ3v) is 6.60. The summed E-state index contributed by atoms with van der Waals surface area (Å²) >= 11 is 1.75. The zero-order valence-electron chi connectivity index (χ0n) is 15.1. The van der Waals surface area contributed by atoms with Gasteiger partial charge in [0.1, 0.15) is 0 Å². The van der Waals surface area contributed by atoms with Gasteiger partial charge in [0.25, 0.3) is 0 Å². The van der Waals surface area contributed by atoms with Gasteiger partial charge in [0, 0.05) is 37.8 Å². The Hall–Kier alpha value is -2.28. The van der Waals surface area contributed by atoms with Gasteiger partial charge >= 0.3 is 0 Å². The Labute approximate surface area is 161 Å². The van der Waals surface area contributed by atoms with Crippen LogP contribution in [0.2, 0.25) is 0 Å². The maximum Gasteiger partial charge on any atom is 0.229 e. The smallest absolute Gasteiger partial charge is 0.229 e. The Morgan fingerprint density at radius 1 is 1.19 bits per heavy atom. The molecule has 2 aliphatic rings. The van der Waals surface area contributed by atoms with Crippen molar-refractivity contribution in [3.05, 3.63) is 29.3 Å². The van der Waals surface area contributed by atoms with E-state index in [1.54, 1.807) is 11.3 Å². The van der Waals surface area contributed by atoms with E-state index in [2.05, 4.69) is 11.4 Å². The van der Waals surface area contributed by atoms with Gasteiger partial charge in [-0.1, -0.05) is 12.1 Å². The first-order valence-electron chi connectivity index (χ1n) is 9.58. The molecule has 0 radical (unpaired) electrons. The summed E-state index contributed by atoms with van der Waals surface area (Å²) in [4.78, 5) is 41.4. The molecule has 0 spiro atoms. The lowest BCUT2D eigenvalue weighted by molar-refractivity contribution is -0.138. The van der Waals surface area contributed by atoms with Crippen LogP contribution in [0.1, 0.15) is 55.9 Å². The third kappa shape index (κ3) is 4.03. The SMILES string of the molecule is O=C(CCCN1C(=O)CCC1=O)N[C@@H]1CC[C@@H](c2nc3ccccc3s2)C1. The van der Waals surface area contributed by atoms with Gasteiger partial charge in [-0.15, -0.1) is 11.3 Å². The second-order valence-electron chi connectivity index (χ2n) is 7.34. The first-order valence-corrected chi connectivity index (χ1v) is 10.4. The van der Waals surface area contributed by atoms with Crippen LogP contribution in [0.25, 0.3) is 10.2 Å². The van der Waals surface area contributed by atoms with Crippen molar-refractivity contribution in [2.75, 3.05) is 6.54 Å². The number of aromatic nitrogens is 1. The highest BCUT2D eigenvalue weighted by molar-refractivity contribution is 7.18. The number of imide groups is 1. The fourth-order valence-corrected chi connectivity index (χ4v) is 5.09. The van der Waals surface area contributed by atoms with Gasteiger partial charge in [0.15, 0.2) is 0 Å². The molecule has 2 fully saturated rings. The van der Waals surface area contributed by atoms with Crippen molar-refractivity contribution in [1.29, 1.82) is 0 Å². The van der Waals surface area contributed by atoms with Crippen LogP contribution in [-0.2, 0) is 14.4 Å². The molecule has 1 aromatic carbocycles. The summed E-state index contributed by atoms with van der Waals surface area (Å²) in [6.45, 7) is 0.351. The predicted molar refractivity (Wildman–Crippen MR) is 103 cm³/mol. The third-order valence-electron chi connectivity index (χ3n) is 5.40. The highest BCUT2D eigenvalue weighted by Crippen LogP contribution is 2.38. The largest absolute Gasteiger partial charge is 0.353 e. The molecular weight excluding hydrogens is 362 g/mol. The number of rotatable bonds is 6. The molecule has 2 aromatic rings. The summed E-state index contributed by atoms with van der Waals surface area (Å²) in [6.07, 6.45) is 4.42. The standard InChI is InChI=1S/C20H23N3O3S/c24-17(6-3-11-23-18(25)9-10-19(23)26)21-14-8-7-13(12-14)20-22-15-4-1-2-5-16(15)27-20/h1-2,4-5,13-14H,3,6-12H2,(H,21,24)/t13-,14-/m1/s1. The molecule has 1 aromatic heterocycles. The van der Waals surface area contributed by atoms with Crippen LogP contribution in [0.5, 0.6) is 0 Å². The number of nitrogens with zero attached hydrogens (tertiary/aromatic N) is 2. The second-order valence-corrected chi connectivity index (χ2v) is 8.40. The molecule has 2 heterocycles. The first-order chi connectivity index (χ1) is 13.1. The van der Waals surface area contributed by atoms with E-state index in [9.17, 15) is 14.4 Å². The minimum Gasteiger partial charge on any atom is -0.353 e. The average Bonchev–Trinajstić information content (AvgIpc) is 3.35. The van der Waals surface area contributed by atoms with Crippen LogP contribution in [0.15, 0.2) is 24.3 Å². The van der Waals surface area contributed by atoms with E-state index in [4.69, 9.17) is 4.98 Å². The summed E-state index contributed by atoms with van der Waals surface area (Å²) < 4.78 is 1.21. The van der Waals surface area contributed by atoms with Crippen LogP contribution in [0.4, 0.5) is 0 Å². The minimum atomic E-state index is -0.116. The topological polar surface area (TPSA) is 79.4 Å². The molecule has 2 atom stereocenters. The summed E-state index contributed by atoms with van der Waals surface area (Å²) in [6, 6.07) is 8.36. The van der Waals surface area contributed by atoms with Crippen molar-refractivity contribution in [2.24, 2.45) is 0 Å². The minimum absolute atomic E-state index is 0.00375. The van der Waals surface area contributed by atoms with E-state index < -0.39 is 0 Å².